The Kier molecular flexibility index (Phi) is 5.90. The molecule has 1 unspecified atom stereocenters. The highest BCUT2D eigenvalue weighted by atomic mass is 32.2. The number of thiazole rings is 1. The number of thioether (sulfide) groups is 1. The van der Waals surface area contributed by atoms with E-state index in [1.165, 1.54) is 23.5 Å². The van der Waals surface area contributed by atoms with Crippen LogP contribution in [-0.4, -0.2) is 44.8 Å². The van der Waals surface area contributed by atoms with Crippen LogP contribution in [-0.2, 0) is 4.74 Å². The molecule has 9 heteroatoms. The van der Waals surface area contributed by atoms with E-state index in [4.69, 9.17) is 4.74 Å². The summed E-state index contributed by atoms with van der Waals surface area (Å²) in [6, 6.07) is 4.85. The Balaban J connectivity index is 1.67. The number of amides is 1. The first-order valence-corrected chi connectivity index (χ1v) is 10.7. The molecule has 1 aromatic heterocycles. The number of carbonyl (C=O) groups excluding carboxylic acids is 1. The number of likely N-dealkylation sites (tertiary alicyclic amines) is 1. The summed E-state index contributed by atoms with van der Waals surface area (Å²) in [5.41, 5.74) is 0.186. The number of hydrogen-bond acceptors (Lipinski definition) is 7. The third kappa shape index (κ3) is 5.10. The molecule has 146 valence electrons. The molecule has 0 N–H and O–H groups in total. The Bertz CT molecular complexity index is 847. The lowest BCUT2D eigenvalue weighted by molar-refractivity contribution is -0.384. The molecule has 1 amide bonds. The molecular weight excluding hydrogens is 386 g/mol. The maximum absolute atomic E-state index is 12.5. The monoisotopic (exact) mass is 409 g/mol. The summed E-state index contributed by atoms with van der Waals surface area (Å²) in [5, 5.41) is 10.9. The largest absolute Gasteiger partial charge is 0.444 e. The summed E-state index contributed by atoms with van der Waals surface area (Å²) in [7, 11) is 0. The molecule has 1 fully saturated rings. The van der Waals surface area contributed by atoms with Crippen molar-refractivity contribution in [3.05, 3.63) is 28.3 Å². The first-order valence-electron chi connectivity index (χ1n) is 8.90. The zero-order valence-corrected chi connectivity index (χ0v) is 17.3. The number of nitro groups is 1. The lowest BCUT2D eigenvalue weighted by atomic mass is 10.0. The van der Waals surface area contributed by atoms with E-state index in [1.54, 1.807) is 17.8 Å². The number of fused-ring (bicyclic) bond motifs is 1. The number of nitro benzene ring substituents is 1. The number of non-ortho nitro benzene ring substituents is 1. The van der Waals surface area contributed by atoms with Gasteiger partial charge in [0, 0.05) is 30.5 Å². The number of aromatic nitrogens is 1. The van der Waals surface area contributed by atoms with Crippen LogP contribution in [0, 0.1) is 10.1 Å². The fourth-order valence-electron chi connectivity index (χ4n) is 2.97. The topological polar surface area (TPSA) is 85.6 Å². The number of rotatable bonds is 4. The van der Waals surface area contributed by atoms with Gasteiger partial charge in [0.25, 0.3) is 5.69 Å². The second-order valence-corrected chi connectivity index (χ2v) is 9.82. The highest BCUT2D eigenvalue weighted by Crippen LogP contribution is 2.33. The van der Waals surface area contributed by atoms with Crippen LogP contribution < -0.4 is 0 Å². The summed E-state index contributed by atoms with van der Waals surface area (Å²) in [5.74, 6) is 0.737. The summed E-state index contributed by atoms with van der Waals surface area (Å²) in [6.45, 7) is 6.34. The molecule has 2 aromatic rings. The Morgan fingerprint density at radius 2 is 2.22 bits per heavy atom. The van der Waals surface area contributed by atoms with Gasteiger partial charge in [-0.1, -0.05) is 11.8 Å². The Morgan fingerprint density at radius 1 is 1.44 bits per heavy atom. The highest BCUT2D eigenvalue weighted by Gasteiger charge is 2.30. The average Bonchev–Trinajstić information content (AvgIpc) is 3.00. The molecule has 27 heavy (non-hydrogen) atoms. The molecule has 2 heterocycles. The number of nitrogens with zero attached hydrogens (tertiary/aromatic N) is 3. The second-order valence-electron chi connectivity index (χ2n) is 7.52. The maximum Gasteiger partial charge on any atom is 0.410 e. The van der Waals surface area contributed by atoms with Crippen molar-refractivity contribution < 1.29 is 14.5 Å². The molecule has 0 radical (unpaired) electrons. The molecule has 1 atom stereocenters. The summed E-state index contributed by atoms with van der Waals surface area (Å²) in [4.78, 5) is 29.3. The molecule has 7 nitrogen and oxygen atoms in total. The van der Waals surface area contributed by atoms with Crippen LogP contribution in [0.2, 0.25) is 0 Å². The lowest BCUT2D eigenvalue weighted by Crippen LogP contribution is -2.47. The number of benzene rings is 1. The van der Waals surface area contributed by atoms with Crippen molar-refractivity contribution in [3.63, 3.8) is 0 Å². The van der Waals surface area contributed by atoms with Crippen molar-refractivity contribution in [3.8, 4) is 0 Å². The second kappa shape index (κ2) is 8.02. The maximum atomic E-state index is 12.5. The SMILES string of the molecule is CC(C)(C)OC(=O)N1CCCCC1CSc1nc2cc([N+](=O)[O-])ccc2s1. The van der Waals surface area contributed by atoms with Gasteiger partial charge in [0.15, 0.2) is 4.34 Å². The molecular formula is C18H23N3O4S2. The number of piperidine rings is 1. The van der Waals surface area contributed by atoms with Crippen molar-refractivity contribution in [2.75, 3.05) is 12.3 Å². The van der Waals surface area contributed by atoms with Gasteiger partial charge >= 0.3 is 6.09 Å². The highest BCUT2D eigenvalue weighted by molar-refractivity contribution is 8.01. The third-order valence-corrected chi connectivity index (χ3v) is 6.54. The summed E-state index contributed by atoms with van der Waals surface area (Å²) in [6.07, 6.45) is 2.78. The predicted molar refractivity (Wildman–Crippen MR) is 108 cm³/mol. The Morgan fingerprint density at radius 3 is 2.93 bits per heavy atom. The molecule has 1 saturated heterocycles. The lowest BCUT2D eigenvalue weighted by Gasteiger charge is -2.36. The molecule has 0 saturated carbocycles. The van der Waals surface area contributed by atoms with E-state index in [-0.39, 0.29) is 17.8 Å². The molecule has 1 aliphatic rings. The minimum absolute atomic E-state index is 0.0488. The molecule has 1 aliphatic heterocycles. The quantitative estimate of drug-likeness (QED) is 0.397. The van der Waals surface area contributed by atoms with Crippen molar-refractivity contribution in [2.45, 2.75) is 56.0 Å². The first-order chi connectivity index (χ1) is 12.7. The van der Waals surface area contributed by atoms with E-state index in [0.717, 1.165) is 34.1 Å². The van der Waals surface area contributed by atoms with Crippen LogP contribution in [0.1, 0.15) is 40.0 Å². The van der Waals surface area contributed by atoms with Crippen molar-refractivity contribution in [1.82, 2.24) is 9.88 Å². The first kappa shape index (κ1) is 19.9. The minimum Gasteiger partial charge on any atom is -0.444 e. The summed E-state index contributed by atoms with van der Waals surface area (Å²) >= 11 is 3.11. The van der Waals surface area contributed by atoms with Gasteiger partial charge in [0.2, 0.25) is 0 Å². The molecule has 0 aliphatic carbocycles. The van der Waals surface area contributed by atoms with Crippen LogP contribution in [0.15, 0.2) is 22.5 Å². The fourth-order valence-corrected chi connectivity index (χ4v) is 5.20. The van der Waals surface area contributed by atoms with E-state index in [9.17, 15) is 14.9 Å². The fraction of sp³-hybridized carbons (Fsp3) is 0.556. The zero-order chi connectivity index (χ0) is 19.6. The standard InChI is InChI=1S/C18H23N3O4S2/c1-18(2,3)25-17(22)20-9-5-4-6-13(20)11-26-16-19-14-10-12(21(23)24)7-8-15(14)27-16/h7-8,10,13H,4-6,9,11H2,1-3H3. The van der Waals surface area contributed by atoms with Gasteiger partial charge in [-0.2, -0.15) is 0 Å². The van der Waals surface area contributed by atoms with Crippen LogP contribution >= 0.6 is 23.1 Å². The van der Waals surface area contributed by atoms with E-state index >= 15 is 0 Å². The van der Waals surface area contributed by atoms with Gasteiger partial charge < -0.3 is 9.64 Å². The molecule has 0 bridgehead atoms. The van der Waals surface area contributed by atoms with Crippen molar-refractivity contribution in [2.24, 2.45) is 0 Å². The average molecular weight is 410 g/mol. The number of hydrogen-bond donors (Lipinski definition) is 0. The Hall–Kier alpha value is -1.87. The van der Waals surface area contributed by atoms with Crippen molar-refractivity contribution >= 4 is 45.1 Å². The van der Waals surface area contributed by atoms with E-state index in [2.05, 4.69) is 4.98 Å². The van der Waals surface area contributed by atoms with Gasteiger partial charge in [0.05, 0.1) is 15.1 Å². The van der Waals surface area contributed by atoms with Crippen LogP contribution in [0.3, 0.4) is 0 Å². The van der Waals surface area contributed by atoms with Crippen molar-refractivity contribution in [1.29, 1.82) is 0 Å². The van der Waals surface area contributed by atoms with Crippen LogP contribution in [0.5, 0.6) is 0 Å². The third-order valence-electron chi connectivity index (χ3n) is 4.22. The molecule has 0 spiro atoms. The van der Waals surface area contributed by atoms with Gasteiger partial charge in [0.1, 0.15) is 5.60 Å². The van der Waals surface area contributed by atoms with Crippen LogP contribution in [0.25, 0.3) is 10.2 Å². The van der Waals surface area contributed by atoms with Gasteiger partial charge in [-0.15, -0.1) is 11.3 Å². The minimum atomic E-state index is -0.506. The van der Waals surface area contributed by atoms with E-state index in [1.807, 2.05) is 25.7 Å². The summed E-state index contributed by atoms with van der Waals surface area (Å²) < 4.78 is 7.33. The zero-order valence-electron chi connectivity index (χ0n) is 15.6. The normalized spacial score (nSPS) is 17.9. The predicted octanol–water partition coefficient (Wildman–Crippen LogP) is 5.09. The van der Waals surface area contributed by atoms with Gasteiger partial charge in [-0.3, -0.25) is 10.1 Å². The van der Waals surface area contributed by atoms with E-state index in [0.29, 0.717) is 12.1 Å². The van der Waals surface area contributed by atoms with Gasteiger partial charge in [-0.25, -0.2) is 9.78 Å². The van der Waals surface area contributed by atoms with Crippen LogP contribution in [0.4, 0.5) is 10.5 Å². The number of carbonyl (C=O) groups is 1. The molecule has 1 aromatic carbocycles. The molecule has 3 rings (SSSR count). The number of ether oxygens (including phenoxy) is 1. The van der Waals surface area contributed by atoms with Gasteiger partial charge in [-0.05, 0) is 46.1 Å². The smallest absolute Gasteiger partial charge is 0.410 e. The Labute approximate surface area is 166 Å². The van der Waals surface area contributed by atoms with E-state index < -0.39 is 10.5 Å².